The summed E-state index contributed by atoms with van der Waals surface area (Å²) in [4.78, 5) is 4.36. The number of fused-ring (bicyclic) bond motifs is 1. The van der Waals surface area contributed by atoms with E-state index < -0.39 is 6.10 Å². The maximum absolute atomic E-state index is 9.77. The van der Waals surface area contributed by atoms with E-state index in [0.717, 1.165) is 10.9 Å². The normalized spacial score (nSPS) is 24.8. The number of pyridine rings is 1. The van der Waals surface area contributed by atoms with Crippen LogP contribution in [0.5, 0.6) is 5.75 Å². The molecule has 1 aromatic heterocycles. The third kappa shape index (κ3) is 3.15. The Morgan fingerprint density at radius 1 is 1.29 bits per heavy atom. The minimum Gasteiger partial charge on any atom is -0.486 e. The highest BCUT2D eigenvalue weighted by atomic mass is 16.6. The molecule has 3 unspecified atom stereocenters. The van der Waals surface area contributed by atoms with Crippen molar-refractivity contribution in [2.75, 3.05) is 20.3 Å². The number of benzene rings is 1. The molecule has 3 rings (SSSR count). The van der Waals surface area contributed by atoms with Gasteiger partial charge in [0, 0.05) is 18.9 Å². The number of rotatable bonds is 6. The van der Waals surface area contributed by atoms with Gasteiger partial charge in [0.1, 0.15) is 18.0 Å². The Balaban J connectivity index is 1.64. The van der Waals surface area contributed by atoms with Gasteiger partial charge in [0.25, 0.3) is 0 Å². The lowest BCUT2D eigenvalue weighted by molar-refractivity contribution is -0.167. The van der Waals surface area contributed by atoms with Crippen molar-refractivity contribution >= 4 is 10.9 Å². The second-order valence-corrected chi connectivity index (χ2v) is 5.15. The number of methoxy groups -OCH3 is 1. The van der Waals surface area contributed by atoms with E-state index in [1.165, 1.54) is 0 Å². The van der Waals surface area contributed by atoms with Crippen LogP contribution in [0, 0.1) is 0 Å². The molecule has 1 aromatic carbocycles. The molecule has 21 heavy (non-hydrogen) atoms. The number of aliphatic hydroxyl groups is 1. The van der Waals surface area contributed by atoms with E-state index in [1.54, 1.807) is 13.3 Å². The highest BCUT2D eigenvalue weighted by Gasteiger charge is 2.42. The molecule has 1 aliphatic rings. The molecule has 5 heteroatoms. The van der Waals surface area contributed by atoms with Crippen LogP contribution >= 0.6 is 0 Å². The van der Waals surface area contributed by atoms with Gasteiger partial charge in [-0.3, -0.25) is 4.98 Å². The second kappa shape index (κ2) is 6.39. The summed E-state index contributed by atoms with van der Waals surface area (Å²) in [5.74, 6) is 0.700. The monoisotopic (exact) mass is 289 g/mol. The van der Waals surface area contributed by atoms with E-state index in [9.17, 15) is 5.11 Å². The van der Waals surface area contributed by atoms with Gasteiger partial charge in [-0.1, -0.05) is 18.2 Å². The Kier molecular flexibility index (Phi) is 4.34. The summed E-state index contributed by atoms with van der Waals surface area (Å²) in [6.45, 7) is 0.960. The van der Waals surface area contributed by atoms with Gasteiger partial charge in [-0.15, -0.1) is 0 Å². The largest absolute Gasteiger partial charge is 0.486 e. The fourth-order valence-electron chi connectivity index (χ4n) is 2.45. The zero-order valence-corrected chi connectivity index (χ0v) is 11.9. The Labute approximate surface area is 123 Å². The van der Waals surface area contributed by atoms with Crippen LogP contribution < -0.4 is 4.74 Å². The first-order valence-corrected chi connectivity index (χ1v) is 7.08. The Morgan fingerprint density at radius 2 is 2.14 bits per heavy atom. The van der Waals surface area contributed by atoms with Crippen LogP contribution in [0.25, 0.3) is 10.9 Å². The minimum atomic E-state index is -0.472. The van der Waals surface area contributed by atoms with Crippen molar-refractivity contribution in [3.63, 3.8) is 0 Å². The Hall–Kier alpha value is -1.69. The Bertz CT molecular complexity index is 604. The van der Waals surface area contributed by atoms with E-state index in [4.69, 9.17) is 14.2 Å². The zero-order chi connectivity index (χ0) is 14.7. The number of hydrogen-bond acceptors (Lipinski definition) is 5. The van der Waals surface area contributed by atoms with Crippen LogP contribution in [0.3, 0.4) is 0 Å². The van der Waals surface area contributed by atoms with Crippen molar-refractivity contribution in [1.29, 1.82) is 0 Å². The summed E-state index contributed by atoms with van der Waals surface area (Å²) in [6, 6.07) is 9.84. The van der Waals surface area contributed by atoms with Crippen molar-refractivity contribution in [3.8, 4) is 5.75 Å². The third-order valence-electron chi connectivity index (χ3n) is 3.67. The molecule has 0 aliphatic heterocycles. The average Bonchev–Trinajstić information content (AvgIpc) is 2.51. The molecule has 1 heterocycles. The highest BCUT2D eigenvalue weighted by molar-refractivity contribution is 5.79. The average molecular weight is 289 g/mol. The predicted octanol–water partition coefficient (Wildman–Crippen LogP) is 1.78. The van der Waals surface area contributed by atoms with Crippen LogP contribution in [0.15, 0.2) is 36.5 Å². The fourth-order valence-corrected chi connectivity index (χ4v) is 2.45. The number of aromatic nitrogens is 1. The van der Waals surface area contributed by atoms with Gasteiger partial charge in [0.2, 0.25) is 0 Å². The van der Waals surface area contributed by atoms with Crippen LogP contribution in [-0.4, -0.2) is 48.7 Å². The molecule has 1 N–H and O–H groups in total. The van der Waals surface area contributed by atoms with Gasteiger partial charge in [-0.05, 0) is 12.1 Å². The molecule has 0 saturated heterocycles. The molecular formula is C16H19NO4. The van der Waals surface area contributed by atoms with Crippen molar-refractivity contribution in [2.24, 2.45) is 0 Å². The number of aliphatic hydroxyl groups excluding tert-OH is 1. The molecular weight excluding hydrogens is 270 g/mol. The maximum Gasteiger partial charge on any atom is 0.138 e. The smallest absolute Gasteiger partial charge is 0.138 e. The molecule has 3 atom stereocenters. The van der Waals surface area contributed by atoms with Crippen molar-refractivity contribution < 1.29 is 19.3 Å². The highest BCUT2D eigenvalue weighted by Crippen LogP contribution is 2.29. The lowest BCUT2D eigenvalue weighted by atomic mass is 9.88. The number of nitrogens with zero attached hydrogens (tertiary/aromatic N) is 1. The van der Waals surface area contributed by atoms with Gasteiger partial charge >= 0.3 is 0 Å². The van der Waals surface area contributed by atoms with Gasteiger partial charge in [0.15, 0.2) is 0 Å². The lowest BCUT2D eigenvalue weighted by Crippen LogP contribution is -2.55. The SMILES string of the molecule is COCCOC1C(O)CC1Oc1cnc2ccccc2c1. The van der Waals surface area contributed by atoms with Crippen LogP contribution in [0.1, 0.15) is 6.42 Å². The number of hydrogen-bond donors (Lipinski definition) is 1. The lowest BCUT2D eigenvalue weighted by Gasteiger charge is -2.40. The first kappa shape index (κ1) is 14.3. The zero-order valence-electron chi connectivity index (χ0n) is 11.9. The summed E-state index contributed by atoms with van der Waals surface area (Å²) in [5, 5.41) is 10.8. The molecule has 112 valence electrons. The third-order valence-corrected chi connectivity index (χ3v) is 3.67. The molecule has 1 fully saturated rings. The van der Waals surface area contributed by atoms with E-state index in [0.29, 0.717) is 25.4 Å². The molecule has 0 radical (unpaired) electrons. The fraction of sp³-hybridized carbons (Fsp3) is 0.438. The van der Waals surface area contributed by atoms with E-state index >= 15 is 0 Å². The van der Waals surface area contributed by atoms with Crippen LogP contribution in [0.2, 0.25) is 0 Å². The molecule has 0 spiro atoms. The first-order valence-electron chi connectivity index (χ1n) is 7.08. The standard InChI is InChI=1S/C16H19NO4/c1-19-6-7-20-16-14(18)9-15(16)21-12-8-11-4-2-3-5-13(11)17-10-12/h2-5,8,10,14-16,18H,6-7,9H2,1H3. The first-order chi connectivity index (χ1) is 10.3. The predicted molar refractivity (Wildman–Crippen MR) is 78.4 cm³/mol. The quantitative estimate of drug-likeness (QED) is 0.821. The van der Waals surface area contributed by atoms with E-state index in [2.05, 4.69) is 4.98 Å². The molecule has 1 saturated carbocycles. The topological polar surface area (TPSA) is 60.8 Å². The molecule has 1 aliphatic carbocycles. The van der Waals surface area contributed by atoms with Gasteiger partial charge < -0.3 is 19.3 Å². The van der Waals surface area contributed by atoms with Gasteiger partial charge in [0.05, 0.1) is 31.0 Å². The Morgan fingerprint density at radius 3 is 2.95 bits per heavy atom. The number of ether oxygens (including phenoxy) is 3. The summed E-state index contributed by atoms with van der Waals surface area (Å²) in [6.07, 6.45) is 1.37. The van der Waals surface area contributed by atoms with Crippen molar-refractivity contribution in [3.05, 3.63) is 36.5 Å². The second-order valence-electron chi connectivity index (χ2n) is 5.15. The minimum absolute atomic E-state index is 0.139. The van der Waals surface area contributed by atoms with Gasteiger partial charge in [-0.25, -0.2) is 0 Å². The van der Waals surface area contributed by atoms with Crippen LogP contribution in [0.4, 0.5) is 0 Å². The summed E-state index contributed by atoms with van der Waals surface area (Å²) in [7, 11) is 1.62. The molecule has 5 nitrogen and oxygen atoms in total. The summed E-state index contributed by atoms with van der Waals surface area (Å²) in [5.41, 5.74) is 0.936. The molecule has 0 bridgehead atoms. The van der Waals surface area contributed by atoms with Crippen molar-refractivity contribution in [2.45, 2.75) is 24.7 Å². The van der Waals surface area contributed by atoms with Gasteiger partial charge in [-0.2, -0.15) is 0 Å². The van der Waals surface area contributed by atoms with Crippen LogP contribution in [-0.2, 0) is 9.47 Å². The summed E-state index contributed by atoms with van der Waals surface area (Å²) < 4.78 is 16.4. The maximum atomic E-state index is 9.77. The van der Waals surface area contributed by atoms with E-state index in [-0.39, 0.29) is 12.2 Å². The molecule has 0 amide bonds. The summed E-state index contributed by atoms with van der Waals surface area (Å²) >= 11 is 0. The van der Waals surface area contributed by atoms with Crippen molar-refractivity contribution in [1.82, 2.24) is 4.98 Å². The number of para-hydroxylation sites is 1. The molecule has 2 aromatic rings. The van der Waals surface area contributed by atoms with E-state index in [1.807, 2.05) is 30.3 Å².